The molecule has 0 saturated heterocycles. The SMILES string of the molecule is Cc1c(C(=O)OC(C)C(=O)Nc2ccc3c(c2)OCCO3)cccc1[N+](=O)[O-]. The summed E-state index contributed by atoms with van der Waals surface area (Å²) >= 11 is 0. The van der Waals surface area contributed by atoms with Gasteiger partial charge in [-0.1, -0.05) is 6.07 Å². The van der Waals surface area contributed by atoms with Gasteiger partial charge in [0, 0.05) is 23.4 Å². The Hall–Kier alpha value is -3.62. The first-order valence-corrected chi connectivity index (χ1v) is 8.52. The summed E-state index contributed by atoms with van der Waals surface area (Å²) < 4.78 is 16.0. The smallest absolute Gasteiger partial charge is 0.339 e. The molecule has 28 heavy (non-hydrogen) atoms. The number of rotatable bonds is 5. The molecule has 0 fully saturated rings. The van der Waals surface area contributed by atoms with Crippen LogP contribution >= 0.6 is 0 Å². The third-order valence-electron chi connectivity index (χ3n) is 4.18. The summed E-state index contributed by atoms with van der Waals surface area (Å²) in [5.74, 6) is -0.259. The molecule has 9 heteroatoms. The Labute approximate surface area is 160 Å². The molecule has 0 aromatic heterocycles. The summed E-state index contributed by atoms with van der Waals surface area (Å²) in [6, 6.07) is 9.03. The fraction of sp³-hybridized carbons (Fsp3) is 0.263. The molecule has 0 aliphatic carbocycles. The van der Waals surface area contributed by atoms with Crippen molar-refractivity contribution in [1.82, 2.24) is 0 Å². The lowest BCUT2D eigenvalue weighted by molar-refractivity contribution is -0.385. The number of nitro benzene ring substituents is 1. The Kier molecular flexibility index (Phi) is 5.44. The van der Waals surface area contributed by atoms with Crippen LogP contribution in [0.15, 0.2) is 36.4 Å². The van der Waals surface area contributed by atoms with Crippen molar-refractivity contribution in [3.63, 3.8) is 0 Å². The van der Waals surface area contributed by atoms with E-state index in [1.54, 1.807) is 18.2 Å². The van der Waals surface area contributed by atoms with Crippen LogP contribution in [0.3, 0.4) is 0 Å². The minimum atomic E-state index is -1.11. The molecular weight excluding hydrogens is 368 g/mol. The number of amides is 1. The summed E-state index contributed by atoms with van der Waals surface area (Å²) in [6.45, 7) is 3.75. The Morgan fingerprint density at radius 3 is 2.61 bits per heavy atom. The van der Waals surface area contributed by atoms with E-state index in [-0.39, 0.29) is 16.8 Å². The van der Waals surface area contributed by atoms with E-state index in [1.807, 2.05) is 0 Å². The molecule has 0 saturated carbocycles. The summed E-state index contributed by atoms with van der Waals surface area (Å²) in [5, 5.41) is 13.6. The number of nitro groups is 1. The fourth-order valence-corrected chi connectivity index (χ4v) is 2.68. The minimum Gasteiger partial charge on any atom is -0.486 e. The normalized spacial score (nSPS) is 13.4. The number of nitrogens with zero attached hydrogens (tertiary/aromatic N) is 1. The first-order chi connectivity index (χ1) is 13.4. The number of carbonyl (C=O) groups excluding carboxylic acids is 2. The zero-order valence-electron chi connectivity index (χ0n) is 15.3. The van der Waals surface area contributed by atoms with Crippen molar-refractivity contribution >= 4 is 23.3 Å². The molecule has 1 amide bonds. The topological polar surface area (TPSA) is 117 Å². The maximum absolute atomic E-state index is 12.3. The molecule has 0 radical (unpaired) electrons. The molecule has 0 spiro atoms. The third-order valence-corrected chi connectivity index (χ3v) is 4.18. The molecule has 1 N–H and O–H groups in total. The highest BCUT2D eigenvalue weighted by Crippen LogP contribution is 2.32. The number of hydrogen-bond acceptors (Lipinski definition) is 7. The lowest BCUT2D eigenvalue weighted by atomic mass is 10.1. The van der Waals surface area contributed by atoms with Crippen molar-refractivity contribution in [2.75, 3.05) is 18.5 Å². The molecule has 2 aromatic carbocycles. The second-order valence-electron chi connectivity index (χ2n) is 6.10. The lowest BCUT2D eigenvalue weighted by Crippen LogP contribution is -2.30. The van der Waals surface area contributed by atoms with E-state index in [0.29, 0.717) is 30.4 Å². The molecule has 1 aliphatic heterocycles. The van der Waals surface area contributed by atoms with Gasteiger partial charge < -0.3 is 19.5 Å². The van der Waals surface area contributed by atoms with Crippen molar-refractivity contribution in [3.05, 3.63) is 57.6 Å². The third kappa shape index (κ3) is 4.03. The van der Waals surface area contributed by atoms with Crippen LogP contribution in [0.1, 0.15) is 22.8 Å². The van der Waals surface area contributed by atoms with Crippen molar-refractivity contribution in [2.24, 2.45) is 0 Å². The predicted octanol–water partition coefficient (Wildman–Crippen LogP) is 2.86. The number of fused-ring (bicyclic) bond motifs is 1. The van der Waals surface area contributed by atoms with E-state index in [0.717, 1.165) is 0 Å². The predicted molar refractivity (Wildman–Crippen MR) is 98.8 cm³/mol. The minimum absolute atomic E-state index is 0.0354. The standard InChI is InChI=1S/C19H18N2O7/c1-11-14(4-3-5-15(11)21(24)25)19(23)28-12(2)18(22)20-13-6-7-16-17(10-13)27-9-8-26-16/h3-7,10,12H,8-9H2,1-2H3,(H,20,22). The van der Waals surface area contributed by atoms with Crippen molar-refractivity contribution in [3.8, 4) is 11.5 Å². The van der Waals surface area contributed by atoms with Crippen LogP contribution in [0.2, 0.25) is 0 Å². The van der Waals surface area contributed by atoms with Gasteiger partial charge in [-0.25, -0.2) is 4.79 Å². The molecule has 2 aromatic rings. The quantitative estimate of drug-likeness (QED) is 0.477. The molecule has 146 valence electrons. The van der Waals surface area contributed by atoms with Gasteiger partial charge in [-0.05, 0) is 32.0 Å². The van der Waals surface area contributed by atoms with Gasteiger partial charge in [0.25, 0.3) is 11.6 Å². The maximum Gasteiger partial charge on any atom is 0.339 e. The van der Waals surface area contributed by atoms with Crippen molar-refractivity contribution < 1.29 is 28.7 Å². The molecule has 1 aliphatic rings. The molecule has 9 nitrogen and oxygen atoms in total. The molecular formula is C19H18N2O7. The van der Waals surface area contributed by atoms with Crippen molar-refractivity contribution in [2.45, 2.75) is 20.0 Å². The average Bonchev–Trinajstić information content (AvgIpc) is 2.67. The molecule has 1 unspecified atom stereocenters. The van der Waals surface area contributed by atoms with Gasteiger partial charge in [-0.15, -0.1) is 0 Å². The average molecular weight is 386 g/mol. The highest BCUT2D eigenvalue weighted by Gasteiger charge is 2.24. The molecule has 1 atom stereocenters. The van der Waals surface area contributed by atoms with Crippen LogP contribution < -0.4 is 14.8 Å². The van der Waals surface area contributed by atoms with Gasteiger partial charge in [0.1, 0.15) is 13.2 Å². The maximum atomic E-state index is 12.3. The van der Waals surface area contributed by atoms with Crippen LogP contribution in [-0.4, -0.2) is 36.1 Å². The van der Waals surface area contributed by atoms with Crippen LogP contribution in [0.4, 0.5) is 11.4 Å². The zero-order valence-corrected chi connectivity index (χ0v) is 15.3. The zero-order chi connectivity index (χ0) is 20.3. The molecule has 0 bridgehead atoms. The van der Waals surface area contributed by atoms with E-state index >= 15 is 0 Å². The number of anilines is 1. The van der Waals surface area contributed by atoms with E-state index in [2.05, 4.69) is 5.32 Å². The van der Waals surface area contributed by atoms with Gasteiger partial charge in [0.05, 0.1) is 10.5 Å². The van der Waals surface area contributed by atoms with Crippen LogP contribution in [0, 0.1) is 17.0 Å². The highest BCUT2D eigenvalue weighted by atomic mass is 16.6. The summed E-state index contributed by atoms with van der Waals surface area (Å²) in [4.78, 5) is 35.1. The van der Waals surface area contributed by atoms with Gasteiger partial charge >= 0.3 is 5.97 Å². The number of benzene rings is 2. The van der Waals surface area contributed by atoms with E-state index in [1.165, 1.54) is 32.0 Å². The molecule has 1 heterocycles. The fourth-order valence-electron chi connectivity index (χ4n) is 2.68. The van der Waals surface area contributed by atoms with E-state index in [9.17, 15) is 19.7 Å². The Bertz CT molecular complexity index is 942. The monoisotopic (exact) mass is 386 g/mol. The van der Waals surface area contributed by atoms with Crippen LogP contribution in [0.5, 0.6) is 11.5 Å². The Morgan fingerprint density at radius 1 is 1.18 bits per heavy atom. The number of esters is 1. The van der Waals surface area contributed by atoms with Crippen LogP contribution in [0.25, 0.3) is 0 Å². The number of hydrogen-bond donors (Lipinski definition) is 1. The second-order valence-corrected chi connectivity index (χ2v) is 6.10. The van der Waals surface area contributed by atoms with Crippen molar-refractivity contribution in [1.29, 1.82) is 0 Å². The summed E-state index contributed by atoms with van der Waals surface area (Å²) in [5.41, 5.74) is 0.483. The van der Waals surface area contributed by atoms with Gasteiger partial charge in [-0.2, -0.15) is 0 Å². The van der Waals surface area contributed by atoms with Gasteiger partial charge in [0.2, 0.25) is 0 Å². The summed E-state index contributed by atoms with van der Waals surface area (Å²) in [7, 11) is 0. The number of nitrogens with one attached hydrogen (secondary N) is 1. The lowest BCUT2D eigenvalue weighted by Gasteiger charge is -2.19. The van der Waals surface area contributed by atoms with Gasteiger partial charge in [-0.3, -0.25) is 14.9 Å². The molecule has 3 rings (SSSR count). The number of carbonyl (C=O) groups is 2. The first kappa shape index (κ1) is 19.2. The summed E-state index contributed by atoms with van der Waals surface area (Å²) in [6.07, 6.45) is -1.11. The second kappa shape index (κ2) is 7.95. The van der Waals surface area contributed by atoms with E-state index < -0.39 is 22.9 Å². The largest absolute Gasteiger partial charge is 0.486 e. The highest BCUT2D eigenvalue weighted by molar-refractivity contribution is 5.98. The Morgan fingerprint density at radius 2 is 1.89 bits per heavy atom. The van der Waals surface area contributed by atoms with E-state index in [4.69, 9.17) is 14.2 Å². The Balaban J connectivity index is 1.67. The number of ether oxygens (including phenoxy) is 3. The van der Waals surface area contributed by atoms with Gasteiger partial charge in [0.15, 0.2) is 17.6 Å². The van der Waals surface area contributed by atoms with Crippen LogP contribution in [-0.2, 0) is 9.53 Å². The first-order valence-electron chi connectivity index (χ1n) is 8.52.